The molecule has 0 radical (unpaired) electrons. The first-order valence-electron chi connectivity index (χ1n) is 6.06. The highest BCUT2D eigenvalue weighted by Crippen LogP contribution is 2.47. The molecule has 0 atom stereocenters. The largest absolute Gasteiger partial charge is 0.384 e. The lowest BCUT2D eigenvalue weighted by atomic mass is 10.1. The summed E-state index contributed by atoms with van der Waals surface area (Å²) < 4.78 is 2.29. The predicted molar refractivity (Wildman–Crippen MR) is 57.7 cm³/mol. The molecule has 2 heterocycles. The zero-order valence-electron chi connectivity index (χ0n) is 9.29. The molecule has 0 saturated heterocycles. The fourth-order valence-electron chi connectivity index (χ4n) is 2.66. The van der Waals surface area contributed by atoms with Crippen molar-refractivity contribution in [1.29, 1.82) is 0 Å². The Bertz CT molecular complexity index is 391. The van der Waals surface area contributed by atoms with Gasteiger partial charge in [0.1, 0.15) is 11.4 Å². The van der Waals surface area contributed by atoms with Gasteiger partial charge in [0.05, 0.1) is 11.4 Å². The van der Waals surface area contributed by atoms with Gasteiger partial charge in [-0.3, -0.25) is 0 Å². The van der Waals surface area contributed by atoms with E-state index in [0.717, 1.165) is 43.6 Å². The highest BCUT2D eigenvalue weighted by molar-refractivity contribution is 5.29. The molecule has 1 N–H and O–H groups in total. The van der Waals surface area contributed by atoms with E-state index in [1.54, 1.807) is 0 Å². The van der Waals surface area contributed by atoms with Gasteiger partial charge in [0.25, 0.3) is 0 Å². The van der Waals surface area contributed by atoms with E-state index in [-0.39, 0.29) is 0 Å². The predicted octanol–water partition coefficient (Wildman–Crippen LogP) is 1.76. The summed E-state index contributed by atoms with van der Waals surface area (Å²) >= 11 is 0. The Morgan fingerprint density at radius 1 is 1.40 bits per heavy atom. The molecule has 15 heavy (non-hydrogen) atoms. The van der Waals surface area contributed by atoms with Crippen LogP contribution in [0.5, 0.6) is 0 Å². The van der Waals surface area contributed by atoms with E-state index in [9.17, 15) is 5.11 Å². The molecular formula is C12H18N2O. The van der Waals surface area contributed by atoms with Crippen LogP contribution in [-0.2, 0) is 25.0 Å². The zero-order chi connectivity index (χ0) is 10.5. The van der Waals surface area contributed by atoms with E-state index in [1.165, 1.54) is 18.7 Å². The first-order valence-corrected chi connectivity index (χ1v) is 6.06. The van der Waals surface area contributed by atoms with Crippen LogP contribution in [0.2, 0.25) is 0 Å². The number of aryl methyl sites for hydroxylation is 2. The molecule has 1 aromatic rings. The quantitative estimate of drug-likeness (QED) is 0.800. The van der Waals surface area contributed by atoms with E-state index >= 15 is 0 Å². The highest BCUT2D eigenvalue weighted by atomic mass is 16.3. The lowest BCUT2D eigenvalue weighted by Crippen LogP contribution is -2.19. The lowest BCUT2D eigenvalue weighted by Gasteiger charge is -2.19. The van der Waals surface area contributed by atoms with Gasteiger partial charge in [0.2, 0.25) is 0 Å². The van der Waals surface area contributed by atoms with Crippen molar-refractivity contribution in [3.8, 4) is 0 Å². The lowest BCUT2D eigenvalue weighted by molar-refractivity contribution is 0.139. The minimum absolute atomic E-state index is 0.520. The fraction of sp³-hybridized carbons (Fsp3) is 0.750. The second-order valence-corrected chi connectivity index (χ2v) is 4.82. The number of imidazole rings is 1. The van der Waals surface area contributed by atoms with Crippen molar-refractivity contribution in [2.45, 2.75) is 57.6 Å². The minimum atomic E-state index is -0.520. The van der Waals surface area contributed by atoms with Gasteiger partial charge in [0, 0.05) is 13.0 Å². The van der Waals surface area contributed by atoms with Crippen molar-refractivity contribution in [3.05, 3.63) is 17.2 Å². The Morgan fingerprint density at radius 2 is 2.20 bits per heavy atom. The molecule has 0 spiro atoms. The van der Waals surface area contributed by atoms with E-state index in [1.807, 2.05) is 0 Å². The molecule has 1 aromatic heterocycles. The minimum Gasteiger partial charge on any atom is -0.384 e. The van der Waals surface area contributed by atoms with Crippen LogP contribution < -0.4 is 0 Å². The molecule has 0 unspecified atom stereocenters. The first-order chi connectivity index (χ1) is 7.24. The Kier molecular flexibility index (Phi) is 1.93. The molecule has 0 amide bonds. The smallest absolute Gasteiger partial charge is 0.109 e. The monoisotopic (exact) mass is 206 g/mol. The zero-order valence-corrected chi connectivity index (χ0v) is 9.29. The third-order valence-corrected chi connectivity index (χ3v) is 3.65. The summed E-state index contributed by atoms with van der Waals surface area (Å²) in [6.45, 7) is 3.18. The Balaban J connectivity index is 2.12. The van der Waals surface area contributed by atoms with Gasteiger partial charge in [-0.05, 0) is 32.1 Å². The molecule has 82 valence electrons. The molecule has 1 saturated carbocycles. The maximum Gasteiger partial charge on any atom is 0.109 e. The maximum atomic E-state index is 10.3. The van der Waals surface area contributed by atoms with Crippen LogP contribution >= 0.6 is 0 Å². The average Bonchev–Trinajstić information content (AvgIpc) is 2.87. The van der Waals surface area contributed by atoms with E-state index in [2.05, 4.69) is 16.5 Å². The third kappa shape index (κ3) is 1.33. The SMILES string of the molecule is CCc1nc2n(c1C1(O)CC1)CCCC2. The number of fused-ring (bicyclic) bond motifs is 1. The second kappa shape index (κ2) is 3.08. The summed E-state index contributed by atoms with van der Waals surface area (Å²) in [7, 11) is 0. The van der Waals surface area contributed by atoms with Crippen molar-refractivity contribution in [3.63, 3.8) is 0 Å². The number of hydrogen-bond acceptors (Lipinski definition) is 2. The molecule has 1 aliphatic carbocycles. The average molecular weight is 206 g/mol. The van der Waals surface area contributed by atoms with Crippen molar-refractivity contribution >= 4 is 0 Å². The first kappa shape index (κ1) is 9.40. The van der Waals surface area contributed by atoms with Crippen LogP contribution in [0, 0.1) is 0 Å². The molecule has 1 aliphatic heterocycles. The topological polar surface area (TPSA) is 38.0 Å². The van der Waals surface area contributed by atoms with E-state index in [0.29, 0.717) is 0 Å². The molecule has 0 bridgehead atoms. The number of rotatable bonds is 2. The maximum absolute atomic E-state index is 10.3. The standard InChI is InChI=1S/C12H18N2O/c1-2-9-11(12(15)6-7-12)14-8-4-3-5-10(14)13-9/h15H,2-8H2,1H3. The molecule has 3 heteroatoms. The molecule has 3 rings (SSSR count). The Morgan fingerprint density at radius 3 is 2.87 bits per heavy atom. The molecule has 1 fully saturated rings. The normalized spacial score (nSPS) is 22.5. The molecule has 2 aliphatic rings. The van der Waals surface area contributed by atoms with Crippen LogP contribution in [0.3, 0.4) is 0 Å². The summed E-state index contributed by atoms with van der Waals surface area (Å²) in [5.41, 5.74) is 1.75. The summed E-state index contributed by atoms with van der Waals surface area (Å²) in [6, 6.07) is 0. The van der Waals surface area contributed by atoms with Crippen molar-refractivity contribution in [2.24, 2.45) is 0 Å². The van der Waals surface area contributed by atoms with Crippen molar-refractivity contribution < 1.29 is 5.11 Å². The number of aromatic nitrogens is 2. The van der Waals surface area contributed by atoms with Gasteiger partial charge in [-0.1, -0.05) is 6.92 Å². The van der Waals surface area contributed by atoms with Crippen molar-refractivity contribution in [1.82, 2.24) is 9.55 Å². The molecule has 0 aromatic carbocycles. The van der Waals surface area contributed by atoms with Crippen LogP contribution in [0.25, 0.3) is 0 Å². The van der Waals surface area contributed by atoms with Crippen LogP contribution in [0.4, 0.5) is 0 Å². The Hall–Kier alpha value is -0.830. The Labute approximate surface area is 90.1 Å². The number of aliphatic hydroxyl groups is 1. The van der Waals surface area contributed by atoms with Crippen molar-refractivity contribution in [2.75, 3.05) is 0 Å². The van der Waals surface area contributed by atoms with Gasteiger partial charge in [-0.15, -0.1) is 0 Å². The van der Waals surface area contributed by atoms with Gasteiger partial charge in [-0.25, -0.2) is 4.98 Å². The molecular weight excluding hydrogens is 188 g/mol. The summed E-state index contributed by atoms with van der Waals surface area (Å²) in [6.07, 6.45) is 6.35. The summed E-state index contributed by atoms with van der Waals surface area (Å²) in [4.78, 5) is 4.68. The molecule has 3 nitrogen and oxygen atoms in total. The third-order valence-electron chi connectivity index (χ3n) is 3.65. The number of hydrogen-bond donors (Lipinski definition) is 1. The van der Waals surface area contributed by atoms with Crippen LogP contribution in [0.15, 0.2) is 0 Å². The van der Waals surface area contributed by atoms with E-state index < -0.39 is 5.60 Å². The summed E-state index contributed by atoms with van der Waals surface area (Å²) in [5, 5.41) is 10.3. The van der Waals surface area contributed by atoms with Gasteiger partial charge in [0.15, 0.2) is 0 Å². The van der Waals surface area contributed by atoms with Gasteiger partial charge < -0.3 is 9.67 Å². The second-order valence-electron chi connectivity index (χ2n) is 4.82. The van der Waals surface area contributed by atoms with Crippen LogP contribution in [-0.4, -0.2) is 14.7 Å². The van der Waals surface area contributed by atoms with E-state index in [4.69, 9.17) is 0 Å². The van der Waals surface area contributed by atoms with Crippen LogP contribution in [0.1, 0.15) is 49.8 Å². The number of nitrogens with zero attached hydrogens (tertiary/aromatic N) is 2. The highest BCUT2D eigenvalue weighted by Gasteiger charge is 2.47. The van der Waals surface area contributed by atoms with Gasteiger partial charge in [-0.2, -0.15) is 0 Å². The summed E-state index contributed by atoms with van der Waals surface area (Å²) in [5.74, 6) is 1.20. The fourth-order valence-corrected chi connectivity index (χ4v) is 2.66. The van der Waals surface area contributed by atoms with Gasteiger partial charge >= 0.3 is 0 Å².